The Hall–Kier alpha value is -0.340. The van der Waals surface area contributed by atoms with Crippen molar-refractivity contribution in [3.63, 3.8) is 0 Å². The molecule has 1 nitrogen and oxygen atoms in total. The molecule has 1 atom stereocenters. The summed E-state index contributed by atoms with van der Waals surface area (Å²) in [5, 5.41) is 14.1. The summed E-state index contributed by atoms with van der Waals surface area (Å²) in [5.41, 5.74) is 2.41. The minimum absolute atomic E-state index is 0.190. The van der Waals surface area contributed by atoms with Gasteiger partial charge in [0.1, 0.15) is 0 Å². The zero-order valence-electron chi connectivity index (χ0n) is 7.29. The third kappa shape index (κ3) is 1.29. The highest BCUT2D eigenvalue weighted by molar-refractivity contribution is 7.08. The van der Waals surface area contributed by atoms with E-state index in [0.29, 0.717) is 5.92 Å². The molecule has 1 N–H and O–H groups in total. The molecule has 1 aliphatic rings. The highest BCUT2D eigenvalue weighted by Gasteiger charge is 2.27. The summed E-state index contributed by atoms with van der Waals surface area (Å²) in [5.74, 6) is 0.540. The van der Waals surface area contributed by atoms with Crippen molar-refractivity contribution in [3.05, 3.63) is 21.9 Å². The van der Waals surface area contributed by atoms with Crippen molar-refractivity contribution in [3.8, 4) is 0 Å². The Morgan fingerprint density at radius 2 is 2.25 bits per heavy atom. The van der Waals surface area contributed by atoms with Crippen LogP contribution in [0.25, 0.3) is 0 Å². The van der Waals surface area contributed by atoms with E-state index in [1.54, 1.807) is 11.3 Å². The highest BCUT2D eigenvalue weighted by Crippen LogP contribution is 2.39. The minimum Gasteiger partial charge on any atom is -0.388 e. The average molecular weight is 182 g/mol. The van der Waals surface area contributed by atoms with Crippen LogP contribution in [0.15, 0.2) is 10.8 Å². The van der Waals surface area contributed by atoms with Gasteiger partial charge >= 0.3 is 0 Å². The van der Waals surface area contributed by atoms with Crippen LogP contribution in [0.4, 0.5) is 0 Å². The van der Waals surface area contributed by atoms with Crippen LogP contribution >= 0.6 is 11.3 Å². The molecule has 1 aromatic heterocycles. The summed E-state index contributed by atoms with van der Waals surface area (Å²) in [6.07, 6.45) is 3.52. The number of hydrogen-bond acceptors (Lipinski definition) is 2. The fraction of sp³-hybridized carbons (Fsp3) is 0.600. The predicted molar refractivity (Wildman–Crippen MR) is 51.4 cm³/mol. The van der Waals surface area contributed by atoms with Gasteiger partial charge < -0.3 is 5.11 Å². The fourth-order valence-corrected chi connectivity index (χ4v) is 2.56. The number of aryl methyl sites for hydroxylation is 1. The van der Waals surface area contributed by atoms with Gasteiger partial charge in [-0.2, -0.15) is 11.3 Å². The lowest BCUT2D eigenvalue weighted by Gasteiger charge is -2.30. The summed E-state index contributed by atoms with van der Waals surface area (Å²) in [7, 11) is 0. The first kappa shape index (κ1) is 8.27. The van der Waals surface area contributed by atoms with Gasteiger partial charge in [-0.1, -0.05) is 6.42 Å². The van der Waals surface area contributed by atoms with Crippen molar-refractivity contribution < 1.29 is 5.11 Å². The van der Waals surface area contributed by atoms with E-state index in [0.717, 1.165) is 5.56 Å². The Bertz CT molecular complexity index is 263. The molecule has 0 radical (unpaired) electrons. The zero-order chi connectivity index (χ0) is 8.55. The van der Waals surface area contributed by atoms with Crippen LogP contribution in [0.5, 0.6) is 0 Å². The van der Waals surface area contributed by atoms with Crippen molar-refractivity contribution in [2.45, 2.75) is 32.3 Å². The lowest BCUT2D eigenvalue weighted by molar-refractivity contribution is 0.0620. The van der Waals surface area contributed by atoms with Crippen LogP contribution in [0, 0.1) is 12.8 Å². The Kier molecular flexibility index (Phi) is 2.20. The number of thiophene rings is 1. The molecule has 0 aromatic carbocycles. The van der Waals surface area contributed by atoms with Gasteiger partial charge in [0, 0.05) is 0 Å². The van der Waals surface area contributed by atoms with Crippen molar-refractivity contribution in [1.29, 1.82) is 0 Å². The second-order valence-electron chi connectivity index (χ2n) is 3.65. The van der Waals surface area contributed by atoms with Crippen LogP contribution in [0.2, 0.25) is 0 Å². The molecule has 1 unspecified atom stereocenters. The summed E-state index contributed by atoms with van der Waals surface area (Å²) in [6.45, 7) is 2.08. The molecule has 12 heavy (non-hydrogen) atoms. The lowest BCUT2D eigenvalue weighted by Crippen LogP contribution is -2.19. The van der Waals surface area contributed by atoms with E-state index in [1.165, 1.54) is 24.8 Å². The molecule has 0 amide bonds. The zero-order valence-corrected chi connectivity index (χ0v) is 8.10. The molecule has 1 saturated carbocycles. The maximum atomic E-state index is 9.92. The van der Waals surface area contributed by atoms with E-state index in [1.807, 2.05) is 0 Å². The van der Waals surface area contributed by atoms with Crippen LogP contribution in [-0.2, 0) is 0 Å². The van der Waals surface area contributed by atoms with Gasteiger partial charge in [0.05, 0.1) is 6.10 Å². The lowest BCUT2D eigenvalue weighted by atomic mass is 9.79. The molecule has 2 heteroatoms. The monoisotopic (exact) mass is 182 g/mol. The second kappa shape index (κ2) is 3.19. The van der Waals surface area contributed by atoms with Gasteiger partial charge in [0.2, 0.25) is 0 Å². The largest absolute Gasteiger partial charge is 0.388 e. The third-order valence-electron chi connectivity index (χ3n) is 2.81. The van der Waals surface area contributed by atoms with Crippen LogP contribution in [0.1, 0.15) is 36.5 Å². The Morgan fingerprint density at radius 1 is 1.50 bits per heavy atom. The molecular formula is C10H14OS. The average Bonchev–Trinajstić information content (AvgIpc) is 2.31. The summed E-state index contributed by atoms with van der Waals surface area (Å²) < 4.78 is 0. The Labute approximate surface area is 77.0 Å². The summed E-state index contributed by atoms with van der Waals surface area (Å²) in [4.78, 5) is 0. The predicted octanol–water partition coefficient (Wildman–Crippen LogP) is 2.89. The first-order valence-electron chi connectivity index (χ1n) is 4.50. The Morgan fingerprint density at radius 3 is 2.67 bits per heavy atom. The number of rotatable bonds is 2. The molecule has 1 aromatic rings. The maximum absolute atomic E-state index is 9.92. The van der Waals surface area contributed by atoms with Crippen molar-refractivity contribution in [2.24, 2.45) is 5.92 Å². The van der Waals surface area contributed by atoms with E-state index < -0.39 is 0 Å². The molecule has 0 saturated heterocycles. The quantitative estimate of drug-likeness (QED) is 0.745. The first-order chi connectivity index (χ1) is 5.79. The van der Waals surface area contributed by atoms with Crippen molar-refractivity contribution in [2.75, 3.05) is 0 Å². The molecular weight excluding hydrogens is 168 g/mol. The van der Waals surface area contributed by atoms with E-state index >= 15 is 0 Å². The van der Waals surface area contributed by atoms with Gasteiger partial charge in [0.25, 0.3) is 0 Å². The van der Waals surface area contributed by atoms with Crippen LogP contribution in [0.3, 0.4) is 0 Å². The summed E-state index contributed by atoms with van der Waals surface area (Å²) >= 11 is 1.69. The number of aliphatic hydroxyl groups excluding tert-OH is 1. The standard InChI is InChI=1S/C10H14OS/c1-7-5-12-6-9(7)10(11)8-3-2-4-8/h5-6,8,10-11H,2-4H2,1H3. The van der Waals surface area contributed by atoms with Crippen molar-refractivity contribution in [1.82, 2.24) is 0 Å². The van der Waals surface area contributed by atoms with Crippen LogP contribution in [-0.4, -0.2) is 5.11 Å². The van der Waals surface area contributed by atoms with E-state index in [4.69, 9.17) is 0 Å². The third-order valence-corrected chi connectivity index (χ3v) is 3.69. The fourth-order valence-electron chi connectivity index (χ4n) is 1.68. The molecule has 66 valence electrons. The molecule has 1 aliphatic carbocycles. The topological polar surface area (TPSA) is 20.2 Å². The normalized spacial score (nSPS) is 20.5. The maximum Gasteiger partial charge on any atom is 0.0828 e. The van der Waals surface area contributed by atoms with E-state index in [9.17, 15) is 5.11 Å². The molecule has 1 fully saturated rings. The van der Waals surface area contributed by atoms with Gasteiger partial charge in [-0.3, -0.25) is 0 Å². The second-order valence-corrected chi connectivity index (χ2v) is 4.39. The smallest absolute Gasteiger partial charge is 0.0828 e. The highest BCUT2D eigenvalue weighted by atomic mass is 32.1. The molecule has 1 heterocycles. The molecule has 0 aliphatic heterocycles. The minimum atomic E-state index is -0.190. The van der Waals surface area contributed by atoms with E-state index in [2.05, 4.69) is 17.7 Å². The SMILES string of the molecule is Cc1cscc1C(O)C1CCC1. The van der Waals surface area contributed by atoms with E-state index in [-0.39, 0.29) is 6.10 Å². The van der Waals surface area contributed by atoms with Gasteiger partial charge in [0.15, 0.2) is 0 Å². The molecule has 0 bridgehead atoms. The molecule has 0 spiro atoms. The van der Waals surface area contributed by atoms with Gasteiger partial charge in [-0.15, -0.1) is 0 Å². The first-order valence-corrected chi connectivity index (χ1v) is 5.44. The van der Waals surface area contributed by atoms with Crippen molar-refractivity contribution >= 4 is 11.3 Å². The summed E-state index contributed by atoms with van der Waals surface area (Å²) in [6, 6.07) is 0. The molecule has 2 rings (SSSR count). The number of hydrogen-bond donors (Lipinski definition) is 1. The van der Waals surface area contributed by atoms with Gasteiger partial charge in [-0.25, -0.2) is 0 Å². The van der Waals surface area contributed by atoms with Gasteiger partial charge in [-0.05, 0) is 47.6 Å². The van der Waals surface area contributed by atoms with Crippen LogP contribution < -0.4 is 0 Å². The number of aliphatic hydroxyl groups is 1. The Balaban J connectivity index is 2.13.